The van der Waals surface area contributed by atoms with Gasteiger partial charge < -0.3 is 15.1 Å². The lowest BCUT2D eigenvalue weighted by Crippen LogP contribution is -2.48. The number of rotatable bonds is 3. The Labute approximate surface area is 168 Å². The van der Waals surface area contributed by atoms with Gasteiger partial charge in [-0.3, -0.25) is 9.59 Å². The summed E-state index contributed by atoms with van der Waals surface area (Å²) in [5.74, 6) is 0.0445. The van der Waals surface area contributed by atoms with Crippen molar-refractivity contribution in [2.45, 2.75) is 20.8 Å². The maximum atomic E-state index is 12.5. The van der Waals surface area contributed by atoms with E-state index in [2.05, 4.69) is 10.2 Å². The molecule has 0 spiro atoms. The van der Waals surface area contributed by atoms with Gasteiger partial charge in [-0.2, -0.15) is 0 Å². The third-order valence-corrected chi connectivity index (χ3v) is 5.69. The third kappa shape index (κ3) is 4.62. The van der Waals surface area contributed by atoms with E-state index in [9.17, 15) is 9.59 Å². The lowest BCUT2D eigenvalue weighted by molar-refractivity contribution is -0.123. The standard InChI is InChI=1S/C20H24ClN3O2S/c1-20(2,3)19(26)22-14-6-7-16(15(21)13-14)23-8-10-24(11-9-23)18(25)17-5-4-12-27-17/h4-7,12-13H,8-11H2,1-3H3,(H,22,26). The number of piperazine rings is 1. The summed E-state index contributed by atoms with van der Waals surface area (Å²) < 4.78 is 0. The summed E-state index contributed by atoms with van der Waals surface area (Å²) in [4.78, 5) is 29.4. The van der Waals surface area contributed by atoms with Gasteiger partial charge in [-0.1, -0.05) is 38.4 Å². The highest BCUT2D eigenvalue weighted by Crippen LogP contribution is 2.30. The van der Waals surface area contributed by atoms with Gasteiger partial charge in [0.05, 0.1) is 15.6 Å². The number of thiophene rings is 1. The minimum Gasteiger partial charge on any atom is -0.367 e. The van der Waals surface area contributed by atoms with Gasteiger partial charge in [0.25, 0.3) is 5.91 Å². The molecule has 1 aromatic heterocycles. The van der Waals surface area contributed by atoms with Gasteiger partial charge in [-0.25, -0.2) is 0 Å². The quantitative estimate of drug-likeness (QED) is 0.825. The number of anilines is 2. The molecule has 1 aliphatic heterocycles. The van der Waals surface area contributed by atoms with Crippen molar-refractivity contribution >= 4 is 46.1 Å². The summed E-state index contributed by atoms with van der Waals surface area (Å²) in [6, 6.07) is 9.34. The zero-order valence-electron chi connectivity index (χ0n) is 15.8. The molecular formula is C20H24ClN3O2S. The molecule has 0 saturated carbocycles. The largest absolute Gasteiger partial charge is 0.367 e. The van der Waals surface area contributed by atoms with Crippen LogP contribution in [0, 0.1) is 5.41 Å². The van der Waals surface area contributed by atoms with Crippen LogP contribution in [0.5, 0.6) is 0 Å². The van der Waals surface area contributed by atoms with Gasteiger partial charge in [0.2, 0.25) is 5.91 Å². The average molecular weight is 406 g/mol. The number of hydrogen-bond acceptors (Lipinski definition) is 4. The molecule has 2 aromatic rings. The molecule has 5 nitrogen and oxygen atoms in total. The Morgan fingerprint density at radius 2 is 1.81 bits per heavy atom. The van der Waals surface area contributed by atoms with E-state index in [4.69, 9.17) is 11.6 Å². The molecule has 0 unspecified atom stereocenters. The Morgan fingerprint density at radius 1 is 1.11 bits per heavy atom. The number of hydrogen-bond donors (Lipinski definition) is 1. The topological polar surface area (TPSA) is 52.7 Å². The van der Waals surface area contributed by atoms with E-state index in [-0.39, 0.29) is 11.8 Å². The molecule has 7 heteroatoms. The van der Waals surface area contributed by atoms with Crippen molar-refractivity contribution in [3.8, 4) is 0 Å². The first kappa shape index (κ1) is 19.7. The minimum atomic E-state index is -0.462. The minimum absolute atomic E-state index is 0.0491. The smallest absolute Gasteiger partial charge is 0.264 e. The number of amides is 2. The van der Waals surface area contributed by atoms with Crippen molar-refractivity contribution in [2.75, 3.05) is 36.4 Å². The fourth-order valence-electron chi connectivity index (χ4n) is 2.87. The van der Waals surface area contributed by atoms with Crippen molar-refractivity contribution in [1.29, 1.82) is 0 Å². The van der Waals surface area contributed by atoms with Gasteiger partial charge >= 0.3 is 0 Å². The van der Waals surface area contributed by atoms with Crippen LogP contribution in [0.2, 0.25) is 5.02 Å². The zero-order valence-corrected chi connectivity index (χ0v) is 17.4. The van der Waals surface area contributed by atoms with Crippen molar-refractivity contribution in [2.24, 2.45) is 5.41 Å². The average Bonchev–Trinajstić information content (AvgIpc) is 3.15. The highest BCUT2D eigenvalue weighted by Gasteiger charge is 2.25. The lowest BCUT2D eigenvalue weighted by Gasteiger charge is -2.36. The summed E-state index contributed by atoms with van der Waals surface area (Å²) in [5.41, 5.74) is 1.15. The summed E-state index contributed by atoms with van der Waals surface area (Å²) >= 11 is 7.94. The van der Waals surface area contributed by atoms with E-state index in [0.29, 0.717) is 23.8 Å². The van der Waals surface area contributed by atoms with Crippen LogP contribution in [0.25, 0.3) is 0 Å². The molecule has 3 rings (SSSR count). The van der Waals surface area contributed by atoms with Gasteiger partial charge in [0.15, 0.2) is 0 Å². The van der Waals surface area contributed by atoms with Gasteiger partial charge in [0.1, 0.15) is 0 Å². The monoisotopic (exact) mass is 405 g/mol. The fourth-order valence-corrected chi connectivity index (χ4v) is 3.86. The molecule has 0 bridgehead atoms. The second kappa shape index (κ2) is 7.90. The predicted octanol–water partition coefficient (Wildman–Crippen LogP) is 4.35. The van der Waals surface area contributed by atoms with Crippen molar-refractivity contribution in [1.82, 2.24) is 4.90 Å². The van der Waals surface area contributed by atoms with Crippen LogP contribution in [0.1, 0.15) is 30.4 Å². The van der Waals surface area contributed by atoms with Crippen LogP contribution in [0.4, 0.5) is 11.4 Å². The van der Waals surface area contributed by atoms with Crippen LogP contribution in [0.15, 0.2) is 35.7 Å². The maximum absolute atomic E-state index is 12.5. The van der Waals surface area contributed by atoms with Crippen LogP contribution >= 0.6 is 22.9 Å². The number of nitrogens with zero attached hydrogens (tertiary/aromatic N) is 2. The number of carbonyl (C=O) groups is 2. The Morgan fingerprint density at radius 3 is 2.37 bits per heavy atom. The van der Waals surface area contributed by atoms with E-state index in [1.54, 1.807) is 6.07 Å². The molecule has 2 heterocycles. The highest BCUT2D eigenvalue weighted by atomic mass is 35.5. The first-order valence-electron chi connectivity index (χ1n) is 8.94. The van der Waals surface area contributed by atoms with Crippen LogP contribution < -0.4 is 10.2 Å². The lowest BCUT2D eigenvalue weighted by atomic mass is 9.95. The number of carbonyl (C=O) groups excluding carboxylic acids is 2. The maximum Gasteiger partial charge on any atom is 0.264 e. The van der Waals surface area contributed by atoms with Crippen LogP contribution in [0.3, 0.4) is 0 Å². The first-order chi connectivity index (χ1) is 12.8. The van der Waals surface area contributed by atoms with Crippen molar-refractivity contribution in [3.63, 3.8) is 0 Å². The van der Waals surface area contributed by atoms with Gasteiger partial charge in [-0.15, -0.1) is 11.3 Å². The zero-order chi connectivity index (χ0) is 19.6. The molecule has 1 N–H and O–H groups in total. The summed E-state index contributed by atoms with van der Waals surface area (Å²) in [6.45, 7) is 8.39. The van der Waals surface area contributed by atoms with E-state index in [1.807, 2.05) is 55.3 Å². The number of nitrogens with one attached hydrogen (secondary N) is 1. The fraction of sp³-hybridized carbons (Fsp3) is 0.400. The summed E-state index contributed by atoms with van der Waals surface area (Å²) in [7, 11) is 0. The molecular weight excluding hydrogens is 382 g/mol. The Balaban J connectivity index is 1.63. The number of benzene rings is 1. The predicted molar refractivity (Wildman–Crippen MR) is 112 cm³/mol. The normalized spacial score (nSPS) is 15.0. The Kier molecular flexibility index (Phi) is 5.77. The first-order valence-corrected chi connectivity index (χ1v) is 10.2. The Bertz CT molecular complexity index is 822. The van der Waals surface area contributed by atoms with Crippen LogP contribution in [-0.4, -0.2) is 42.9 Å². The van der Waals surface area contributed by atoms with Gasteiger partial charge in [-0.05, 0) is 29.6 Å². The molecule has 0 radical (unpaired) electrons. The van der Waals surface area contributed by atoms with Gasteiger partial charge in [0, 0.05) is 37.3 Å². The molecule has 1 aromatic carbocycles. The molecule has 1 saturated heterocycles. The molecule has 1 aliphatic rings. The summed E-state index contributed by atoms with van der Waals surface area (Å²) in [5, 5.41) is 5.41. The molecule has 0 aliphatic carbocycles. The van der Waals surface area contributed by atoms with Crippen LogP contribution in [-0.2, 0) is 4.79 Å². The van der Waals surface area contributed by atoms with E-state index >= 15 is 0 Å². The SMILES string of the molecule is CC(C)(C)C(=O)Nc1ccc(N2CCN(C(=O)c3cccs3)CC2)c(Cl)c1. The Hall–Kier alpha value is -2.05. The molecule has 27 heavy (non-hydrogen) atoms. The number of halogens is 1. The molecule has 1 fully saturated rings. The summed E-state index contributed by atoms with van der Waals surface area (Å²) in [6.07, 6.45) is 0. The van der Waals surface area contributed by atoms with E-state index in [0.717, 1.165) is 23.7 Å². The molecule has 144 valence electrons. The van der Waals surface area contributed by atoms with Crippen molar-refractivity contribution < 1.29 is 9.59 Å². The molecule has 0 atom stereocenters. The van der Waals surface area contributed by atoms with E-state index in [1.165, 1.54) is 11.3 Å². The third-order valence-electron chi connectivity index (χ3n) is 4.53. The van der Waals surface area contributed by atoms with Crippen molar-refractivity contribution in [3.05, 3.63) is 45.6 Å². The second-order valence-electron chi connectivity index (χ2n) is 7.63. The van der Waals surface area contributed by atoms with E-state index < -0.39 is 5.41 Å². The highest BCUT2D eigenvalue weighted by molar-refractivity contribution is 7.12. The second-order valence-corrected chi connectivity index (χ2v) is 8.98. The molecule has 2 amide bonds.